The molecule has 0 fully saturated rings. The van der Waals surface area contributed by atoms with Crippen LogP contribution in [0.5, 0.6) is 0 Å². The first-order valence-corrected chi connectivity index (χ1v) is 7.03. The number of benzene rings is 1. The lowest BCUT2D eigenvalue weighted by molar-refractivity contribution is 0.0232. The quantitative estimate of drug-likeness (QED) is 0.497. The fraction of sp³-hybridized carbons (Fsp3) is 0.438. The number of aromatic nitrogens is 1. The highest BCUT2D eigenvalue weighted by Crippen LogP contribution is 2.16. The van der Waals surface area contributed by atoms with Gasteiger partial charge >= 0.3 is 0 Å². The van der Waals surface area contributed by atoms with E-state index in [0.29, 0.717) is 38.6 Å². The highest BCUT2D eigenvalue weighted by atomic mass is 16.5. The minimum absolute atomic E-state index is 0.572. The van der Waals surface area contributed by atoms with Crippen molar-refractivity contribution in [3.63, 3.8) is 0 Å². The van der Waals surface area contributed by atoms with E-state index >= 15 is 0 Å². The standard InChI is InChI=1S/C16H21NO4/c1-19-8-9-21-11-10-20-7-6-17-5-4-15-3-2-14(13-18)12-16(15)17/h2-5,12-13H,6-11H2,1H3. The van der Waals surface area contributed by atoms with Crippen LogP contribution in [0.15, 0.2) is 30.5 Å². The molecule has 2 aromatic rings. The summed E-state index contributed by atoms with van der Waals surface area (Å²) in [5.41, 5.74) is 1.74. The zero-order valence-electron chi connectivity index (χ0n) is 12.3. The number of aldehydes is 1. The molecule has 0 saturated carbocycles. The Morgan fingerprint density at radius 1 is 1.05 bits per heavy atom. The smallest absolute Gasteiger partial charge is 0.150 e. The number of hydrogen-bond donors (Lipinski definition) is 0. The number of methoxy groups -OCH3 is 1. The Bertz CT molecular complexity index is 564. The number of fused-ring (bicyclic) bond motifs is 1. The fourth-order valence-corrected chi connectivity index (χ4v) is 2.10. The van der Waals surface area contributed by atoms with Gasteiger partial charge in [-0.25, -0.2) is 0 Å². The van der Waals surface area contributed by atoms with E-state index in [2.05, 4.69) is 4.57 Å². The van der Waals surface area contributed by atoms with Crippen LogP contribution in [0.25, 0.3) is 10.9 Å². The summed E-state index contributed by atoms with van der Waals surface area (Å²) >= 11 is 0. The van der Waals surface area contributed by atoms with E-state index in [1.807, 2.05) is 30.5 Å². The lowest BCUT2D eigenvalue weighted by Crippen LogP contribution is -2.11. The summed E-state index contributed by atoms with van der Waals surface area (Å²) in [4.78, 5) is 10.8. The van der Waals surface area contributed by atoms with Crippen LogP contribution < -0.4 is 0 Å². The highest BCUT2D eigenvalue weighted by Gasteiger charge is 2.02. The molecule has 0 aliphatic heterocycles. The second-order valence-electron chi connectivity index (χ2n) is 4.66. The van der Waals surface area contributed by atoms with Gasteiger partial charge in [0.05, 0.1) is 33.0 Å². The van der Waals surface area contributed by atoms with Gasteiger partial charge in [-0.05, 0) is 17.5 Å². The lowest BCUT2D eigenvalue weighted by Gasteiger charge is -2.08. The van der Waals surface area contributed by atoms with E-state index in [-0.39, 0.29) is 0 Å². The maximum Gasteiger partial charge on any atom is 0.150 e. The number of carbonyl (C=O) groups excluding carboxylic acids is 1. The molecule has 0 aliphatic rings. The molecule has 5 heteroatoms. The van der Waals surface area contributed by atoms with Crippen LogP contribution in [-0.2, 0) is 20.8 Å². The summed E-state index contributed by atoms with van der Waals surface area (Å²) in [7, 11) is 1.65. The van der Waals surface area contributed by atoms with E-state index in [4.69, 9.17) is 14.2 Å². The second kappa shape index (κ2) is 8.56. The molecule has 5 nitrogen and oxygen atoms in total. The van der Waals surface area contributed by atoms with Crippen LogP contribution >= 0.6 is 0 Å². The molecule has 0 saturated heterocycles. The molecule has 1 aromatic heterocycles. The minimum atomic E-state index is 0.572. The lowest BCUT2D eigenvalue weighted by atomic mass is 10.2. The molecular formula is C16H21NO4. The Labute approximate surface area is 124 Å². The number of ether oxygens (including phenoxy) is 3. The van der Waals surface area contributed by atoms with Gasteiger partial charge in [-0.1, -0.05) is 12.1 Å². The van der Waals surface area contributed by atoms with Gasteiger partial charge in [0.1, 0.15) is 6.29 Å². The maximum atomic E-state index is 10.8. The monoisotopic (exact) mass is 291 g/mol. The molecule has 0 bridgehead atoms. The molecule has 0 spiro atoms. The molecule has 1 heterocycles. The van der Waals surface area contributed by atoms with Crippen molar-refractivity contribution >= 4 is 17.2 Å². The molecule has 0 radical (unpaired) electrons. The Hall–Kier alpha value is -1.69. The van der Waals surface area contributed by atoms with Crippen molar-refractivity contribution in [3.8, 4) is 0 Å². The third-order valence-corrected chi connectivity index (χ3v) is 3.21. The molecule has 114 valence electrons. The molecule has 0 unspecified atom stereocenters. The van der Waals surface area contributed by atoms with Gasteiger partial charge in [0.25, 0.3) is 0 Å². The van der Waals surface area contributed by atoms with Crippen LogP contribution in [0.4, 0.5) is 0 Å². The Morgan fingerprint density at radius 2 is 1.81 bits per heavy atom. The van der Waals surface area contributed by atoms with Crippen molar-refractivity contribution in [1.82, 2.24) is 4.57 Å². The van der Waals surface area contributed by atoms with Crippen LogP contribution in [0, 0.1) is 0 Å². The van der Waals surface area contributed by atoms with E-state index in [0.717, 1.165) is 23.7 Å². The summed E-state index contributed by atoms with van der Waals surface area (Å²) < 4.78 is 17.8. The van der Waals surface area contributed by atoms with Crippen molar-refractivity contribution in [2.24, 2.45) is 0 Å². The first kappa shape index (κ1) is 15.7. The zero-order chi connectivity index (χ0) is 14.9. The molecule has 0 amide bonds. The number of hydrogen-bond acceptors (Lipinski definition) is 4. The predicted octanol–water partition coefficient (Wildman–Crippen LogP) is 2.13. The van der Waals surface area contributed by atoms with Gasteiger partial charge in [-0.3, -0.25) is 4.79 Å². The van der Waals surface area contributed by atoms with E-state index in [1.165, 1.54) is 0 Å². The van der Waals surface area contributed by atoms with Gasteiger partial charge in [-0.15, -0.1) is 0 Å². The Kier molecular flexibility index (Phi) is 6.40. The molecule has 0 N–H and O–H groups in total. The topological polar surface area (TPSA) is 49.7 Å². The van der Waals surface area contributed by atoms with Gasteiger partial charge in [-0.2, -0.15) is 0 Å². The first-order valence-electron chi connectivity index (χ1n) is 7.03. The van der Waals surface area contributed by atoms with E-state index in [9.17, 15) is 4.79 Å². The van der Waals surface area contributed by atoms with Crippen LogP contribution in [0.1, 0.15) is 10.4 Å². The van der Waals surface area contributed by atoms with Crippen molar-refractivity contribution in [1.29, 1.82) is 0 Å². The maximum absolute atomic E-state index is 10.8. The van der Waals surface area contributed by atoms with E-state index < -0.39 is 0 Å². The summed E-state index contributed by atoms with van der Waals surface area (Å²) in [6.45, 7) is 3.71. The molecule has 1 aromatic carbocycles. The Morgan fingerprint density at radius 3 is 2.57 bits per heavy atom. The van der Waals surface area contributed by atoms with Gasteiger partial charge in [0, 0.05) is 30.9 Å². The van der Waals surface area contributed by atoms with Crippen molar-refractivity contribution in [2.45, 2.75) is 6.54 Å². The predicted molar refractivity (Wildman–Crippen MR) is 80.8 cm³/mol. The number of rotatable bonds is 10. The fourth-order valence-electron chi connectivity index (χ4n) is 2.10. The minimum Gasteiger partial charge on any atom is -0.382 e. The second-order valence-corrected chi connectivity index (χ2v) is 4.66. The molecular weight excluding hydrogens is 270 g/mol. The normalized spacial score (nSPS) is 11.1. The molecule has 0 aliphatic carbocycles. The molecule has 0 atom stereocenters. The third-order valence-electron chi connectivity index (χ3n) is 3.21. The van der Waals surface area contributed by atoms with Gasteiger partial charge in [0.15, 0.2) is 0 Å². The SMILES string of the molecule is COCCOCCOCCn1ccc2ccc(C=O)cc21. The van der Waals surface area contributed by atoms with Crippen molar-refractivity contribution in [3.05, 3.63) is 36.0 Å². The largest absolute Gasteiger partial charge is 0.382 e. The highest BCUT2D eigenvalue weighted by molar-refractivity contribution is 5.87. The summed E-state index contributed by atoms with van der Waals surface area (Å²) in [6, 6.07) is 7.72. The first-order chi connectivity index (χ1) is 10.3. The van der Waals surface area contributed by atoms with Crippen LogP contribution in [0.2, 0.25) is 0 Å². The molecule has 2 rings (SSSR count). The van der Waals surface area contributed by atoms with Crippen molar-refractivity contribution < 1.29 is 19.0 Å². The summed E-state index contributed by atoms with van der Waals surface area (Å²) in [5.74, 6) is 0. The van der Waals surface area contributed by atoms with Crippen LogP contribution in [0.3, 0.4) is 0 Å². The van der Waals surface area contributed by atoms with E-state index in [1.54, 1.807) is 7.11 Å². The molecule has 21 heavy (non-hydrogen) atoms. The van der Waals surface area contributed by atoms with Gasteiger partial charge in [0.2, 0.25) is 0 Å². The van der Waals surface area contributed by atoms with Gasteiger partial charge < -0.3 is 18.8 Å². The summed E-state index contributed by atoms with van der Waals surface area (Å²) in [6.07, 6.45) is 2.88. The zero-order valence-corrected chi connectivity index (χ0v) is 12.3. The number of nitrogens with zero attached hydrogens (tertiary/aromatic N) is 1. The average molecular weight is 291 g/mol. The summed E-state index contributed by atoms with van der Waals surface area (Å²) in [5, 5.41) is 1.13. The van der Waals surface area contributed by atoms with Crippen molar-refractivity contribution in [2.75, 3.05) is 40.1 Å². The third kappa shape index (κ3) is 4.67. The van der Waals surface area contributed by atoms with Crippen LogP contribution in [-0.4, -0.2) is 51.0 Å². The number of carbonyl (C=O) groups is 1. The Balaban J connectivity index is 1.74. The average Bonchev–Trinajstić information content (AvgIpc) is 2.92.